The minimum Gasteiger partial charge on any atom is -0.408 e. The van der Waals surface area contributed by atoms with E-state index in [4.69, 9.17) is 20.8 Å². The molecule has 1 unspecified atom stereocenters. The van der Waals surface area contributed by atoms with E-state index >= 15 is 0 Å². The van der Waals surface area contributed by atoms with Gasteiger partial charge in [-0.3, -0.25) is 14.3 Å². The van der Waals surface area contributed by atoms with Crippen LogP contribution in [0.15, 0.2) is 27.4 Å². The van der Waals surface area contributed by atoms with Gasteiger partial charge >= 0.3 is 5.76 Å². The van der Waals surface area contributed by atoms with Crippen molar-refractivity contribution in [1.29, 1.82) is 0 Å². The van der Waals surface area contributed by atoms with Crippen molar-refractivity contribution >= 4 is 28.6 Å². The Labute approximate surface area is 156 Å². The molecule has 0 radical (unpaired) electrons. The molecule has 140 valence electrons. The molecule has 0 aliphatic carbocycles. The van der Waals surface area contributed by atoms with Crippen molar-refractivity contribution in [3.63, 3.8) is 0 Å². The summed E-state index contributed by atoms with van der Waals surface area (Å²) in [6.07, 6.45) is 1.82. The lowest BCUT2D eigenvalue weighted by Gasteiger charge is -2.36. The lowest BCUT2D eigenvalue weighted by Crippen LogP contribution is -2.48. The Kier molecular flexibility index (Phi) is 5.02. The third-order valence-corrected chi connectivity index (χ3v) is 5.38. The van der Waals surface area contributed by atoms with Crippen LogP contribution in [0.3, 0.4) is 0 Å². The molecule has 0 bridgehead atoms. The Balaban J connectivity index is 1.48. The monoisotopic (exact) mass is 379 g/mol. The molecule has 0 spiro atoms. The average Bonchev–Trinajstić information content (AvgIpc) is 2.97. The zero-order valence-corrected chi connectivity index (χ0v) is 15.3. The van der Waals surface area contributed by atoms with Crippen LogP contribution in [0.2, 0.25) is 5.02 Å². The van der Waals surface area contributed by atoms with E-state index in [2.05, 4.69) is 4.90 Å². The maximum absolute atomic E-state index is 12.8. The summed E-state index contributed by atoms with van der Waals surface area (Å²) in [5.41, 5.74) is 1.21. The number of likely N-dealkylation sites (tertiary alicyclic amines) is 1. The van der Waals surface area contributed by atoms with Crippen molar-refractivity contribution < 1.29 is 13.9 Å². The Morgan fingerprint density at radius 1 is 1.23 bits per heavy atom. The first-order chi connectivity index (χ1) is 12.6. The SMILES string of the molecule is O=C(C1CCCN(Cn2c(=O)oc3ccc(Cl)cc32)C1)N1CCOCC1. The summed E-state index contributed by atoms with van der Waals surface area (Å²) in [5.74, 6) is -0.228. The molecule has 2 aromatic rings. The lowest BCUT2D eigenvalue weighted by atomic mass is 9.96. The van der Waals surface area contributed by atoms with Crippen LogP contribution < -0.4 is 5.76 Å². The Bertz CT molecular complexity index is 856. The van der Waals surface area contributed by atoms with E-state index < -0.39 is 5.76 Å². The molecule has 1 aromatic carbocycles. The highest BCUT2D eigenvalue weighted by Gasteiger charge is 2.30. The molecule has 26 heavy (non-hydrogen) atoms. The molecule has 1 aromatic heterocycles. The standard InChI is InChI=1S/C18H22ClN3O4/c19-14-3-4-16-15(10-14)22(18(24)26-16)12-20-5-1-2-13(11-20)17(23)21-6-8-25-9-7-21/h3-4,10,13H,1-2,5-9,11-12H2. The summed E-state index contributed by atoms with van der Waals surface area (Å²) in [5, 5.41) is 0.561. The van der Waals surface area contributed by atoms with Crippen molar-refractivity contribution in [2.24, 2.45) is 5.92 Å². The number of amides is 1. The fourth-order valence-corrected chi connectivity index (χ4v) is 3.96. The maximum Gasteiger partial charge on any atom is 0.421 e. The van der Waals surface area contributed by atoms with Crippen LogP contribution in [0.5, 0.6) is 0 Å². The predicted octanol–water partition coefficient (Wildman–Crippen LogP) is 1.78. The van der Waals surface area contributed by atoms with E-state index in [1.165, 1.54) is 0 Å². The first-order valence-corrected chi connectivity index (χ1v) is 9.37. The Morgan fingerprint density at radius 2 is 2.04 bits per heavy atom. The van der Waals surface area contributed by atoms with Crippen LogP contribution >= 0.6 is 11.6 Å². The molecule has 7 nitrogen and oxygen atoms in total. The second kappa shape index (κ2) is 7.42. The number of hydrogen-bond donors (Lipinski definition) is 0. The fraction of sp³-hybridized carbons (Fsp3) is 0.556. The van der Waals surface area contributed by atoms with Gasteiger partial charge in [0.1, 0.15) is 0 Å². The topological polar surface area (TPSA) is 67.9 Å². The van der Waals surface area contributed by atoms with Crippen LogP contribution in [-0.4, -0.2) is 59.7 Å². The number of rotatable bonds is 3. The van der Waals surface area contributed by atoms with E-state index in [0.29, 0.717) is 55.6 Å². The third-order valence-electron chi connectivity index (χ3n) is 5.15. The minimum atomic E-state index is -0.399. The molecule has 4 rings (SSSR count). The van der Waals surface area contributed by atoms with E-state index in [1.54, 1.807) is 22.8 Å². The summed E-state index contributed by atoms with van der Waals surface area (Å²) in [6, 6.07) is 5.15. The second-order valence-corrected chi connectivity index (χ2v) is 7.34. The predicted molar refractivity (Wildman–Crippen MR) is 97.2 cm³/mol. The number of halogens is 1. The largest absolute Gasteiger partial charge is 0.421 e. The second-order valence-electron chi connectivity index (χ2n) is 6.90. The van der Waals surface area contributed by atoms with E-state index in [0.717, 1.165) is 19.4 Å². The molecule has 1 atom stereocenters. The minimum absolute atomic E-state index is 0.0284. The third kappa shape index (κ3) is 3.51. The first kappa shape index (κ1) is 17.6. The van der Waals surface area contributed by atoms with Gasteiger partial charge in [0.2, 0.25) is 5.91 Å². The van der Waals surface area contributed by atoms with Crippen molar-refractivity contribution in [3.8, 4) is 0 Å². The molecule has 3 heterocycles. The van der Waals surface area contributed by atoms with Gasteiger partial charge in [-0.05, 0) is 37.6 Å². The van der Waals surface area contributed by atoms with Gasteiger partial charge in [0.05, 0.1) is 31.3 Å². The number of carbonyl (C=O) groups is 1. The molecule has 2 fully saturated rings. The Hall–Kier alpha value is -1.83. The first-order valence-electron chi connectivity index (χ1n) is 8.99. The molecule has 2 aliphatic rings. The van der Waals surface area contributed by atoms with Gasteiger partial charge in [-0.1, -0.05) is 11.6 Å². The molecule has 1 amide bonds. The molecule has 0 saturated carbocycles. The number of aromatic nitrogens is 1. The zero-order valence-electron chi connectivity index (χ0n) is 14.5. The summed E-state index contributed by atoms with van der Waals surface area (Å²) < 4.78 is 12.2. The van der Waals surface area contributed by atoms with Crippen molar-refractivity contribution in [2.45, 2.75) is 19.5 Å². The van der Waals surface area contributed by atoms with Gasteiger partial charge in [0.15, 0.2) is 5.58 Å². The smallest absolute Gasteiger partial charge is 0.408 e. The number of piperidine rings is 1. The fourth-order valence-electron chi connectivity index (χ4n) is 3.80. The Morgan fingerprint density at radius 3 is 2.85 bits per heavy atom. The summed E-state index contributed by atoms with van der Waals surface area (Å²) in [7, 11) is 0. The number of nitrogens with zero attached hydrogens (tertiary/aromatic N) is 3. The maximum atomic E-state index is 12.8. The quantitative estimate of drug-likeness (QED) is 0.813. The van der Waals surface area contributed by atoms with Crippen molar-refractivity contribution in [2.75, 3.05) is 39.4 Å². The highest BCUT2D eigenvalue weighted by atomic mass is 35.5. The normalized spacial score (nSPS) is 22.0. The van der Waals surface area contributed by atoms with Gasteiger partial charge in [0, 0.05) is 24.7 Å². The summed E-state index contributed by atoms with van der Waals surface area (Å²) >= 11 is 6.06. The van der Waals surface area contributed by atoms with Crippen LogP contribution in [-0.2, 0) is 16.2 Å². The highest BCUT2D eigenvalue weighted by molar-refractivity contribution is 6.31. The van der Waals surface area contributed by atoms with Gasteiger partial charge in [0.25, 0.3) is 0 Å². The molecule has 0 N–H and O–H groups in total. The van der Waals surface area contributed by atoms with E-state index in [1.807, 2.05) is 4.90 Å². The highest BCUT2D eigenvalue weighted by Crippen LogP contribution is 2.22. The number of carbonyl (C=O) groups excluding carboxylic acids is 1. The number of morpholine rings is 1. The zero-order chi connectivity index (χ0) is 18.1. The van der Waals surface area contributed by atoms with E-state index in [-0.39, 0.29) is 11.8 Å². The summed E-state index contributed by atoms with van der Waals surface area (Å²) in [6.45, 7) is 4.46. The van der Waals surface area contributed by atoms with Crippen LogP contribution in [0, 0.1) is 5.92 Å². The van der Waals surface area contributed by atoms with Crippen molar-refractivity contribution in [3.05, 3.63) is 33.8 Å². The lowest BCUT2D eigenvalue weighted by molar-refractivity contribution is -0.141. The molecule has 2 saturated heterocycles. The summed E-state index contributed by atoms with van der Waals surface area (Å²) in [4.78, 5) is 29.0. The molecular weight excluding hydrogens is 358 g/mol. The number of hydrogen-bond acceptors (Lipinski definition) is 5. The number of fused-ring (bicyclic) bond motifs is 1. The van der Waals surface area contributed by atoms with Crippen molar-refractivity contribution in [1.82, 2.24) is 14.4 Å². The number of ether oxygens (including phenoxy) is 1. The average molecular weight is 380 g/mol. The number of oxazole rings is 1. The molecule has 8 heteroatoms. The van der Waals surface area contributed by atoms with Crippen LogP contribution in [0.25, 0.3) is 11.1 Å². The van der Waals surface area contributed by atoms with Gasteiger partial charge in [-0.2, -0.15) is 0 Å². The molecular formula is C18H22ClN3O4. The molecule has 2 aliphatic heterocycles. The number of benzene rings is 1. The van der Waals surface area contributed by atoms with Gasteiger partial charge in [-0.15, -0.1) is 0 Å². The van der Waals surface area contributed by atoms with E-state index in [9.17, 15) is 9.59 Å². The van der Waals surface area contributed by atoms with Gasteiger partial charge in [-0.25, -0.2) is 4.79 Å². The van der Waals surface area contributed by atoms with Gasteiger partial charge < -0.3 is 14.1 Å². The van der Waals surface area contributed by atoms with Crippen LogP contribution in [0.4, 0.5) is 0 Å². The van der Waals surface area contributed by atoms with Crippen LogP contribution in [0.1, 0.15) is 12.8 Å².